The summed E-state index contributed by atoms with van der Waals surface area (Å²) < 4.78 is 13.0. The van der Waals surface area contributed by atoms with Gasteiger partial charge >= 0.3 is 0 Å². The minimum absolute atomic E-state index is 0.0292. The number of nitrogens with one attached hydrogen (secondary N) is 1. The van der Waals surface area contributed by atoms with Gasteiger partial charge in [-0.1, -0.05) is 24.3 Å². The van der Waals surface area contributed by atoms with E-state index in [-0.39, 0.29) is 12.4 Å². The summed E-state index contributed by atoms with van der Waals surface area (Å²) in [4.78, 5) is 0. The summed E-state index contributed by atoms with van der Waals surface area (Å²) in [6.45, 7) is 0.0292. The number of rotatable bonds is 3. The van der Waals surface area contributed by atoms with E-state index in [2.05, 4.69) is 17.4 Å². The molecule has 1 atom stereocenters. The molecular formula is C17H18FNO. The Bertz CT molecular complexity index is 596. The van der Waals surface area contributed by atoms with Gasteiger partial charge in [-0.25, -0.2) is 4.39 Å². The molecule has 0 fully saturated rings. The highest BCUT2D eigenvalue weighted by Crippen LogP contribution is 2.37. The quantitative estimate of drug-likeness (QED) is 0.896. The van der Waals surface area contributed by atoms with Crippen molar-refractivity contribution >= 4 is 5.69 Å². The van der Waals surface area contributed by atoms with Crippen molar-refractivity contribution in [3.8, 4) is 0 Å². The zero-order valence-electron chi connectivity index (χ0n) is 11.3. The molecule has 0 saturated heterocycles. The Morgan fingerprint density at radius 2 is 1.85 bits per heavy atom. The van der Waals surface area contributed by atoms with Gasteiger partial charge < -0.3 is 10.4 Å². The maximum Gasteiger partial charge on any atom is 0.123 e. The second-order valence-electron chi connectivity index (χ2n) is 5.38. The lowest BCUT2D eigenvalue weighted by Crippen LogP contribution is -2.42. The van der Waals surface area contributed by atoms with Gasteiger partial charge in [0.05, 0.1) is 12.1 Å². The number of aliphatic hydroxyl groups excluding tert-OH is 1. The Morgan fingerprint density at radius 1 is 1.10 bits per heavy atom. The number of hydrogen-bond donors (Lipinski definition) is 2. The van der Waals surface area contributed by atoms with Gasteiger partial charge in [-0.2, -0.15) is 0 Å². The van der Waals surface area contributed by atoms with Crippen LogP contribution in [0.4, 0.5) is 10.1 Å². The summed E-state index contributed by atoms with van der Waals surface area (Å²) in [5.41, 5.74) is 2.80. The van der Waals surface area contributed by atoms with Gasteiger partial charge in [-0.05, 0) is 54.7 Å². The minimum atomic E-state index is -0.466. The molecule has 1 unspecified atom stereocenters. The van der Waals surface area contributed by atoms with Crippen LogP contribution >= 0.6 is 0 Å². The fourth-order valence-electron chi connectivity index (χ4n) is 3.06. The molecule has 20 heavy (non-hydrogen) atoms. The first-order chi connectivity index (χ1) is 9.73. The monoisotopic (exact) mass is 271 g/mol. The van der Waals surface area contributed by atoms with Gasteiger partial charge in [0.1, 0.15) is 5.82 Å². The van der Waals surface area contributed by atoms with Crippen LogP contribution in [0.5, 0.6) is 0 Å². The van der Waals surface area contributed by atoms with Gasteiger partial charge in [0.15, 0.2) is 0 Å². The zero-order valence-corrected chi connectivity index (χ0v) is 11.3. The lowest BCUT2D eigenvalue weighted by atomic mass is 9.77. The predicted molar refractivity (Wildman–Crippen MR) is 78.2 cm³/mol. The molecule has 0 aliphatic heterocycles. The number of anilines is 1. The minimum Gasteiger partial charge on any atom is -0.394 e. The maximum absolute atomic E-state index is 13.0. The number of benzene rings is 2. The molecule has 3 rings (SSSR count). The molecule has 0 saturated carbocycles. The first kappa shape index (κ1) is 13.1. The molecule has 2 nitrogen and oxygen atoms in total. The molecule has 3 heteroatoms. The molecule has 2 aromatic rings. The average molecular weight is 271 g/mol. The van der Waals surface area contributed by atoms with E-state index in [1.54, 1.807) is 12.1 Å². The van der Waals surface area contributed by atoms with E-state index in [1.807, 2.05) is 12.1 Å². The SMILES string of the molecule is OCC1(Nc2ccc(F)cc2)CCCc2ccccc21. The Morgan fingerprint density at radius 3 is 2.60 bits per heavy atom. The number of aryl methyl sites for hydroxylation is 1. The third kappa shape index (κ3) is 2.29. The molecule has 0 heterocycles. The van der Waals surface area contributed by atoms with Crippen LogP contribution in [0.3, 0.4) is 0 Å². The summed E-state index contributed by atoms with van der Waals surface area (Å²) in [7, 11) is 0. The molecule has 2 aromatic carbocycles. The molecule has 1 aliphatic rings. The summed E-state index contributed by atoms with van der Waals surface area (Å²) in [6.07, 6.45) is 2.95. The second-order valence-corrected chi connectivity index (χ2v) is 5.38. The second kappa shape index (κ2) is 5.25. The zero-order chi connectivity index (χ0) is 14.0. The highest BCUT2D eigenvalue weighted by molar-refractivity contribution is 5.50. The highest BCUT2D eigenvalue weighted by atomic mass is 19.1. The van der Waals surface area contributed by atoms with Gasteiger partial charge in [-0.15, -0.1) is 0 Å². The predicted octanol–water partition coefficient (Wildman–Crippen LogP) is 3.46. The Kier molecular flexibility index (Phi) is 3.45. The topological polar surface area (TPSA) is 32.3 Å². The van der Waals surface area contributed by atoms with E-state index < -0.39 is 5.54 Å². The van der Waals surface area contributed by atoms with Crippen LogP contribution in [0.25, 0.3) is 0 Å². The number of fused-ring (bicyclic) bond motifs is 1. The van der Waals surface area contributed by atoms with Crippen molar-refractivity contribution in [3.05, 3.63) is 65.5 Å². The number of aliphatic hydroxyl groups is 1. The van der Waals surface area contributed by atoms with Gasteiger partial charge in [0, 0.05) is 5.69 Å². The van der Waals surface area contributed by atoms with Crippen molar-refractivity contribution in [1.29, 1.82) is 0 Å². The summed E-state index contributed by atoms with van der Waals surface area (Å²) >= 11 is 0. The van der Waals surface area contributed by atoms with Crippen molar-refractivity contribution in [2.75, 3.05) is 11.9 Å². The fraction of sp³-hybridized carbons (Fsp3) is 0.294. The molecule has 0 radical (unpaired) electrons. The lowest BCUT2D eigenvalue weighted by molar-refractivity contribution is 0.194. The van der Waals surface area contributed by atoms with Crippen LogP contribution < -0.4 is 5.32 Å². The van der Waals surface area contributed by atoms with Gasteiger partial charge in [0.2, 0.25) is 0 Å². The van der Waals surface area contributed by atoms with Gasteiger partial charge in [0.25, 0.3) is 0 Å². The Hall–Kier alpha value is -1.87. The molecule has 1 aliphatic carbocycles. The summed E-state index contributed by atoms with van der Waals surface area (Å²) in [5.74, 6) is -0.252. The van der Waals surface area contributed by atoms with Crippen LogP contribution in [0.15, 0.2) is 48.5 Å². The number of halogens is 1. The maximum atomic E-state index is 13.0. The summed E-state index contributed by atoms with van der Waals surface area (Å²) in [6, 6.07) is 14.5. The Balaban J connectivity index is 1.98. The average Bonchev–Trinajstić information content (AvgIpc) is 2.50. The standard InChI is InChI=1S/C17H18FNO/c18-14-7-9-15(10-8-14)19-17(12-20)11-3-5-13-4-1-2-6-16(13)17/h1-2,4,6-10,19-20H,3,5,11-12H2. The van der Waals surface area contributed by atoms with E-state index >= 15 is 0 Å². The molecule has 0 amide bonds. The van der Waals surface area contributed by atoms with Crippen LogP contribution in [0.2, 0.25) is 0 Å². The van der Waals surface area contributed by atoms with Crippen molar-refractivity contribution in [2.24, 2.45) is 0 Å². The van der Waals surface area contributed by atoms with E-state index in [4.69, 9.17) is 0 Å². The van der Waals surface area contributed by atoms with Crippen LogP contribution in [-0.4, -0.2) is 11.7 Å². The molecule has 0 bridgehead atoms. The van der Waals surface area contributed by atoms with Crippen molar-refractivity contribution in [3.63, 3.8) is 0 Å². The van der Waals surface area contributed by atoms with E-state index in [0.717, 1.165) is 30.5 Å². The van der Waals surface area contributed by atoms with Crippen molar-refractivity contribution in [2.45, 2.75) is 24.8 Å². The highest BCUT2D eigenvalue weighted by Gasteiger charge is 2.35. The van der Waals surface area contributed by atoms with E-state index in [9.17, 15) is 9.50 Å². The molecule has 104 valence electrons. The largest absolute Gasteiger partial charge is 0.394 e. The van der Waals surface area contributed by atoms with E-state index in [1.165, 1.54) is 17.7 Å². The van der Waals surface area contributed by atoms with Crippen LogP contribution in [-0.2, 0) is 12.0 Å². The lowest BCUT2D eigenvalue weighted by Gasteiger charge is -2.39. The Labute approximate surface area is 118 Å². The third-order valence-corrected chi connectivity index (χ3v) is 4.08. The smallest absolute Gasteiger partial charge is 0.123 e. The number of hydrogen-bond acceptors (Lipinski definition) is 2. The summed E-state index contributed by atoms with van der Waals surface area (Å²) in [5, 5.41) is 13.4. The molecule has 0 spiro atoms. The molecule has 0 aromatic heterocycles. The molecular weight excluding hydrogens is 253 g/mol. The molecule has 2 N–H and O–H groups in total. The first-order valence-electron chi connectivity index (χ1n) is 6.96. The van der Waals surface area contributed by atoms with Crippen molar-refractivity contribution in [1.82, 2.24) is 0 Å². The van der Waals surface area contributed by atoms with Gasteiger partial charge in [-0.3, -0.25) is 0 Å². The van der Waals surface area contributed by atoms with Crippen molar-refractivity contribution < 1.29 is 9.50 Å². The first-order valence-corrected chi connectivity index (χ1v) is 6.96. The van der Waals surface area contributed by atoms with Crippen LogP contribution in [0.1, 0.15) is 24.0 Å². The van der Waals surface area contributed by atoms with Crippen LogP contribution in [0, 0.1) is 5.82 Å². The fourth-order valence-corrected chi connectivity index (χ4v) is 3.06. The normalized spacial score (nSPS) is 21.3. The third-order valence-electron chi connectivity index (χ3n) is 4.08. The van der Waals surface area contributed by atoms with E-state index in [0.29, 0.717) is 0 Å².